The molecule has 0 bridgehead atoms. The van der Waals surface area contributed by atoms with Crippen LogP contribution in [0.15, 0.2) is 24.3 Å². The summed E-state index contributed by atoms with van der Waals surface area (Å²) in [5.41, 5.74) is 1.39. The van der Waals surface area contributed by atoms with E-state index >= 15 is 0 Å². The van der Waals surface area contributed by atoms with Crippen molar-refractivity contribution in [1.82, 2.24) is 10.2 Å². The summed E-state index contributed by atoms with van der Waals surface area (Å²) in [5, 5.41) is 11.4. The molecule has 1 saturated heterocycles. The lowest BCUT2D eigenvalue weighted by Crippen LogP contribution is -2.39. The third-order valence-corrected chi connectivity index (χ3v) is 3.91. The molecule has 1 fully saturated rings. The van der Waals surface area contributed by atoms with Gasteiger partial charge in [0.1, 0.15) is 0 Å². The maximum atomic E-state index is 12.9. The first-order chi connectivity index (χ1) is 11.2. The summed E-state index contributed by atoms with van der Waals surface area (Å²) in [7, 11) is 0. The number of likely N-dealkylation sites (tertiary alicyclic amines) is 1. The van der Waals surface area contributed by atoms with E-state index in [1.165, 1.54) is 0 Å². The van der Waals surface area contributed by atoms with Gasteiger partial charge in [-0.15, -0.1) is 6.42 Å². The lowest BCUT2D eigenvalue weighted by Gasteiger charge is -2.18. The second kappa shape index (κ2) is 6.83. The van der Waals surface area contributed by atoms with Gasteiger partial charge in [0.25, 0.3) is 0 Å². The number of carboxylic acids is 1. The van der Waals surface area contributed by atoms with Gasteiger partial charge in [0.15, 0.2) is 0 Å². The fourth-order valence-corrected chi connectivity index (χ4v) is 2.56. The van der Waals surface area contributed by atoms with E-state index in [0.29, 0.717) is 5.56 Å². The smallest absolute Gasteiger partial charge is 0.394 e. The zero-order valence-corrected chi connectivity index (χ0v) is 12.5. The van der Waals surface area contributed by atoms with Gasteiger partial charge < -0.3 is 15.3 Å². The number of amides is 2. The molecule has 1 aliphatic rings. The summed E-state index contributed by atoms with van der Waals surface area (Å²) >= 11 is 0. The third-order valence-electron chi connectivity index (χ3n) is 3.91. The molecule has 2 rings (SSSR count). The second-order valence-electron chi connectivity index (χ2n) is 5.50. The molecule has 0 aliphatic carbocycles. The minimum Gasteiger partial charge on any atom is -0.481 e. The number of urea groups is 1. The molecule has 24 heavy (non-hydrogen) atoms. The van der Waals surface area contributed by atoms with E-state index in [2.05, 4.69) is 11.2 Å². The number of aliphatic carboxylic acids is 1. The van der Waals surface area contributed by atoms with Crippen LogP contribution in [0, 0.1) is 24.2 Å². The summed E-state index contributed by atoms with van der Waals surface area (Å²) in [6.07, 6.45) is 0.560. The van der Waals surface area contributed by atoms with Crippen molar-refractivity contribution in [2.75, 3.05) is 13.1 Å². The molecule has 1 aliphatic heterocycles. The van der Waals surface area contributed by atoms with Gasteiger partial charge in [0, 0.05) is 25.2 Å². The number of hydrogen-bond donors (Lipinski definition) is 2. The number of benzene rings is 1. The number of rotatable bonds is 3. The van der Waals surface area contributed by atoms with E-state index in [0.717, 1.165) is 10.5 Å². The van der Waals surface area contributed by atoms with Crippen molar-refractivity contribution in [3.63, 3.8) is 0 Å². The average molecular weight is 340 g/mol. The van der Waals surface area contributed by atoms with Gasteiger partial charge in [-0.05, 0) is 17.7 Å². The Kier molecular flexibility index (Phi) is 5.02. The minimum atomic E-state index is -4.66. The molecular formula is C16H15F3N2O3. The fourth-order valence-electron chi connectivity index (χ4n) is 2.56. The zero-order chi connectivity index (χ0) is 17.9. The lowest BCUT2D eigenvalue weighted by atomic mass is 9.96. The van der Waals surface area contributed by atoms with Crippen molar-refractivity contribution in [2.45, 2.75) is 12.7 Å². The van der Waals surface area contributed by atoms with Crippen molar-refractivity contribution in [2.24, 2.45) is 11.8 Å². The topological polar surface area (TPSA) is 69.6 Å². The molecule has 2 atom stereocenters. The lowest BCUT2D eigenvalue weighted by molar-refractivity contribution is -0.187. The van der Waals surface area contributed by atoms with Gasteiger partial charge in [-0.25, -0.2) is 4.79 Å². The van der Waals surface area contributed by atoms with Crippen molar-refractivity contribution < 1.29 is 27.9 Å². The number of hydrogen-bond acceptors (Lipinski definition) is 2. The van der Waals surface area contributed by atoms with E-state index in [-0.39, 0.29) is 6.54 Å². The molecule has 128 valence electrons. The number of carbonyl (C=O) groups is 2. The highest BCUT2D eigenvalue weighted by Gasteiger charge is 2.53. The average Bonchev–Trinajstić information content (AvgIpc) is 2.99. The monoisotopic (exact) mass is 340 g/mol. The van der Waals surface area contributed by atoms with E-state index in [1.807, 2.05) is 0 Å². The van der Waals surface area contributed by atoms with Crippen LogP contribution in [0.3, 0.4) is 0 Å². The third kappa shape index (κ3) is 3.98. The molecule has 0 aromatic heterocycles. The van der Waals surface area contributed by atoms with Gasteiger partial charge in [-0.3, -0.25) is 4.79 Å². The Hall–Kier alpha value is -2.69. The molecule has 2 N–H and O–H groups in total. The Morgan fingerprint density at radius 1 is 1.29 bits per heavy atom. The first-order valence-electron chi connectivity index (χ1n) is 7.10. The first kappa shape index (κ1) is 17.7. The number of carboxylic acid groups (broad SMARTS) is 1. The van der Waals surface area contributed by atoms with Gasteiger partial charge in [-0.1, -0.05) is 18.1 Å². The maximum absolute atomic E-state index is 12.9. The van der Waals surface area contributed by atoms with Crippen LogP contribution >= 0.6 is 0 Å². The molecular weight excluding hydrogens is 325 g/mol. The Balaban J connectivity index is 1.97. The number of alkyl halides is 3. The highest BCUT2D eigenvalue weighted by Crippen LogP contribution is 2.37. The van der Waals surface area contributed by atoms with E-state index in [4.69, 9.17) is 11.5 Å². The zero-order valence-electron chi connectivity index (χ0n) is 12.5. The Bertz CT molecular complexity index is 665. The predicted octanol–water partition coefficient (Wildman–Crippen LogP) is 2.07. The highest BCUT2D eigenvalue weighted by atomic mass is 19.4. The highest BCUT2D eigenvalue weighted by molar-refractivity contribution is 5.77. The fraction of sp³-hybridized carbons (Fsp3) is 0.375. The molecule has 1 aromatic carbocycles. The van der Waals surface area contributed by atoms with Crippen LogP contribution < -0.4 is 5.32 Å². The standard InChI is InChI=1S/C16H15F3N2O3/c1-2-10-3-5-11(6-4-10)7-20-15(24)21-8-12(14(22)23)13(9-21)16(17,18)19/h1,3-6,12-13H,7-9H2,(H,20,24)(H,22,23)/t12-,13-/m1/s1. The Morgan fingerprint density at radius 3 is 2.38 bits per heavy atom. The SMILES string of the molecule is C#Cc1ccc(CNC(=O)N2C[C@@H](C(F)(F)F)[C@H](C(=O)O)C2)cc1. The molecule has 0 radical (unpaired) electrons. The maximum Gasteiger partial charge on any atom is 0.394 e. The molecule has 0 spiro atoms. The molecule has 1 aromatic rings. The summed E-state index contributed by atoms with van der Waals surface area (Å²) in [6.45, 7) is -1.03. The van der Waals surface area contributed by atoms with E-state index in [9.17, 15) is 22.8 Å². The summed E-state index contributed by atoms with van der Waals surface area (Å²) in [6, 6.07) is 6.01. The van der Waals surface area contributed by atoms with Crippen LogP contribution in [0.5, 0.6) is 0 Å². The van der Waals surface area contributed by atoms with Gasteiger partial charge in [0.2, 0.25) is 0 Å². The van der Waals surface area contributed by atoms with E-state index in [1.54, 1.807) is 24.3 Å². The Morgan fingerprint density at radius 2 is 1.92 bits per heavy atom. The number of nitrogens with zero attached hydrogens (tertiary/aromatic N) is 1. The van der Waals surface area contributed by atoms with Crippen LogP contribution in [0.25, 0.3) is 0 Å². The van der Waals surface area contributed by atoms with Crippen molar-refractivity contribution >= 4 is 12.0 Å². The van der Waals surface area contributed by atoms with Crippen LogP contribution in [-0.2, 0) is 11.3 Å². The summed E-state index contributed by atoms with van der Waals surface area (Å²) in [5.74, 6) is -2.82. The van der Waals surface area contributed by atoms with Crippen molar-refractivity contribution in [1.29, 1.82) is 0 Å². The number of terminal acetylenes is 1. The van der Waals surface area contributed by atoms with Crippen LogP contribution in [0.4, 0.5) is 18.0 Å². The van der Waals surface area contributed by atoms with Crippen molar-refractivity contribution in [3.8, 4) is 12.3 Å². The first-order valence-corrected chi connectivity index (χ1v) is 7.10. The number of halogens is 3. The number of carbonyl (C=O) groups excluding carboxylic acids is 1. The quantitative estimate of drug-likeness (QED) is 0.828. The van der Waals surface area contributed by atoms with Gasteiger partial charge in [-0.2, -0.15) is 13.2 Å². The minimum absolute atomic E-state index is 0.106. The van der Waals surface area contributed by atoms with Crippen LogP contribution in [0.1, 0.15) is 11.1 Å². The largest absolute Gasteiger partial charge is 0.481 e. The molecule has 2 amide bonds. The summed E-state index contributed by atoms with van der Waals surface area (Å²) in [4.78, 5) is 23.9. The molecule has 5 nitrogen and oxygen atoms in total. The molecule has 1 heterocycles. The normalized spacial score (nSPS) is 20.5. The van der Waals surface area contributed by atoms with Gasteiger partial charge >= 0.3 is 18.2 Å². The molecule has 0 saturated carbocycles. The van der Waals surface area contributed by atoms with Crippen LogP contribution in [0.2, 0.25) is 0 Å². The second-order valence-corrected chi connectivity index (χ2v) is 5.50. The predicted molar refractivity (Wildman–Crippen MR) is 78.9 cm³/mol. The van der Waals surface area contributed by atoms with Gasteiger partial charge in [0.05, 0.1) is 11.8 Å². The summed E-state index contributed by atoms with van der Waals surface area (Å²) < 4.78 is 38.7. The molecule has 8 heteroatoms. The number of nitrogens with one attached hydrogen (secondary N) is 1. The molecule has 0 unspecified atom stereocenters. The Labute approximate surface area is 136 Å². The van der Waals surface area contributed by atoms with Crippen LogP contribution in [-0.4, -0.2) is 41.3 Å². The van der Waals surface area contributed by atoms with E-state index < -0.39 is 43.1 Å². The van der Waals surface area contributed by atoms with Crippen molar-refractivity contribution in [3.05, 3.63) is 35.4 Å².